The van der Waals surface area contributed by atoms with E-state index >= 15 is 0 Å². The van der Waals surface area contributed by atoms with E-state index in [0.717, 1.165) is 0 Å². The smallest absolute Gasteiger partial charge is 0.388 e. The predicted molar refractivity (Wildman–Crippen MR) is 85.4 cm³/mol. The first-order chi connectivity index (χ1) is 11.3. The van der Waals surface area contributed by atoms with E-state index in [4.69, 9.17) is 5.73 Å². The monoisotopic (exact) mass is 340 g/mol. The normalized spacial score (nSPS) is 24.9. The molecular formula is C16H19F3N4O. The number of para-hydroxylation sites is 1. The van der Waals surface area contributed by atoms with Crippen molar-refractivity contribution in [2.45, 2.75) is 37.5 Å². The zero-order valence-electron chi connectivity index (χ0n) is 13.0. The average molecular weight is 340 g/mol. The highest BCUT2D eigenvalue weighted by Crippen LogP contribution is 2.41. The summed E-state index contributed by atoms with van der Waals surface area (Å²) in [7, 11) is 0. The van der Waals surface area contributed by atoms with Gasteiger partial charge in [-0.3, -0.25) is 0 Å². The van der Waals surface area contributed by atoms with Gasteiger partial charge in [0.2, 0.25) is 5.95 Å². The van der Waals surface area contributed by atoms with Crippen molar-refractivity contribution in [3.8, 4) is 0 Å². The van der Waals surface area contributed by atoms with Gasteiger partial charge >= 0.3 is 6.18 Å². The number of alkyl halides is 3. The van der Waals surface area contributed by atoms with E-state index in [2.05, 4.69) is 15.3 Å². The van der Waals surface area contributed by atoms with Gasteiger partial charge in [0.25, 0.3) is 0 Å². The van der Waals surface area contributed by atoms with E-state index in [1.165, 1.54) is 0 Å². The molecule has 1 fully saturated rings. The first-order valence-corrected chi connectivity index (χ1v) is 7.82. The molecule has 0 bridgehead atoms. The maximum absolute atomic E-state index is 12.9. The number of aliphatic hydroxyl groups is 1. The largest absolute Gasteiger partial charge is 0.391 e. The molecule has 0 spiro atoms. The van der Waals surface area contributed by atoms with Gasteiger partial charge in [0, 0.05) is 11.9 Å². The van der Waals surface area contributed by atoms with Gasteiger partial charge in [-0.25, -0.2) is 4.98 Å². The number of rotatable bonds is 3. The molecular weight excluding hydrogens is 321 g/mol. The Bertz CT molecular complexity index is 737. The number of benzene rings is 1. The lowest BCUT2D eigenvalue weighted by Crippen LogP contribution is -2.45. The lowest BCUT2D eigenvalue weighted by atomic mass is 9.77. The highest BCUT2D eigenvalue weighted by molar-refractivity contribution is 5.88. The van der Waals surface area contributed by atoms with Crippen molar-refractivity contribution in [2.24, 2.45) is 5.92 Å². The average Bonchev–Trinajstić information content (AvgIpc) is 2.52. The summed E-state index contributed by atoms with van der Waals surface area (Å²) < 4.78 is 38.7. The number of anilines is 2. The summed E-state index contributed by atoms with van der Waals surface area (Å²) in [5, 5.41) is 14.0. The molecule has 2 atom stereocenters. The molecule has 4 N–H and O–H groups in total. The molecule has 1 aliphatic rings. The summed E-state index contributed by atoms with van der Waals surface area (Å²) in [6.07, 6.45) is -3.88. The van der Waals surface area contributed by atoms with Crippen molar-refractivity contribution in [2.75, 3.05) is 17.6 Å². The number of fused-ring (bicyclic) bond motifs is 1. The molecule has 1 aliphatic carbocycles. The topological polar surface area (TPSA) is 84.1 Å². The number of nitrogens with two attached hydrogens (primary N) is 1. The second-order valence-electron chi connectivity index (χ2n) is 6.36. The van der Waals surface area contributed by atoms with Gasteiger partial charge in [0.05, 0.1) is 17.0 Å². The second-order valence-corrected chi connectivity index (χ2v) is 6.36. The van der Waals surface area contributed by atoms with Crippen molar-refractivity contribution in [3.05, 3.63) is 24.3 Å². The van der Waals surface area contributed by atoms with Gasteiger partial charge in [-0.1, -0.05) is 12.1 Å². The minimum atomic E-state index is -4.28. The third-order valence-electron chi connectivity index (χ3n) is 4.49. The summed E-state index contributed by atoms with van der Waals surface area (Å²) in [6.45, 7) is -0.0443. The Kier molecular flexibility index (Phi) is 4.25. The fourth-order valence-electron chi connectivity index (χ4n) is 3.20. The van der Waals surface area contributed by atoms with E-state index in [1.54, 1.807) is 18.2 Å². The highest BCUT2D eigenvalue weighted by atomic mass is 19.4. The van der Waals surface area contributed by atoms with Crippen molar-refractivity contribution < 1.29 is 18.3 Å². The van der Waals surface area contributed by atoms with Gasteiger partial charge in [0.1, 0.15) is 5.82 Å². The first-order valence-electron chi connectivity index (χ1n) is 7.82. The zero-order chi connectivity index (χ0) is 17.4. The van der Waals surface area contributed by atoms with E-state index in [9.17, 15) is 18.3 Å². The predicted octanol–water partition coefficient (Wildman–Crippen LogP) is 3.11. The van der Waals surface area contributed by atoms with Gasteiger partial charge in [-0.2, -0.15) is 18.2 Å². The molecule has 130 valence electrons. The molecule has 1 aromatic carbocycles. The van der Waals surface area contributed by atoms with Gasteiger partial charge in [-0.15, -0.1) is 0 Å². The van der Waals surface area contributed by atoms with Crippen LogP contribution in [0.2, 0.25) is 0 Å². The molecule has 0 radical (unpaired) electrons. The Morgan fingerprint density at radius 3 is 2.79 bits per heavy atom. The maximum Gasteiger partial charge on any atom is 0.391 e. The quantitative estimate of drug-likeness (QED) is 0.799. The maximum atomic E-state index is 12.9. The molecule has 2 aromatic rings. The van der Waals surface area contributed by atoms with E-state index in [1.807, 2.05) is 6.07 Å². The number of hydrogen-bond acceptors (Lipinski definition) is 5. The van der Waals surface area contributed by atoms with Crippen LogP contribution >= 0.6 is 0 Å². The van der Waals surface area contributed by atoms with Crippen LogP contribution in [0.25, 0.3) is 10.9 Å². The lowest BCUT2D eigenvalue weighted by molar-refractivity contribution is -0.199. The van der Waals surface area contributed by atoms with Crippen molar-refractivity contribution in [1.82, 2.24) is 9.97 Å². The number of nitrogens with one attached hydrogen (secondary N) is 1. The van der Waals surface area contributed by atoms with Crippen molar-refractivity contribution in [3.63, 3.8) is 0 Å². The van der Waals surface area contributed by atoms with Crippen LogP contribution in [0.3, 0.4) is 0 Å². The third kappa shape index (κ3) is 3.53. The van der Waals surface area contributed by atoms with Crippen LogP contribution in [-0.2, 0) is 0 Å². The fraction of sp³-hybridized carbons (Fsp3) is 0.500. The summed E-state index contributed by atoms with van der Waals surface area (Å²) >= 11 is 0. The van der Waals surface area contributed by atoms with Gasteiger partial charge in [0.15, 0.2) is 0 Å². The molecule has 3 rings (SSSR count). The van der Waals surface area contributed by atoms with Crippen LogP contribution in [0.1, 0.15) is 25.7 Å². The summed E-state index contributed by atoms with van der Waals surface area (Å²) in [5.74, 6) is -0.985. The molecule has 8 heteroatoms. The Hall–Kier alpha value is -2.09. The number of aromatic nitrogens is 2. The molecule has 5 nitrogen and oxygen atoms in total. The summed E-state index contributed by atoms with van der Waals surface area (Å²) in [6, 6.07) is 7.18. The minimum absolute atomic E-state index is 0.0443. The van der Waals surface area contributed by atoms with Gasteiger partial charge < -0.3 is 16.2 Å². The number of hydrogen-bond donors (Lipinski definition) is 3. The fourth-order valence-corrected chi connectivity index (χ4v) is 3.20. The van der Waals surface area contributed by atoms with E-state index < -0.39 is 17.7 Å². The number of halogens is 3. The minimum Gasteiger partial charge on any atom is -0.388 e. The SMILES string of the molecule is Nc1nc(NCC2(O)CCCC(C(F)(F)F)C2)nc2ccccc12. The van der Waals surface area contributed by atoms with Crippen LogP contribution in [0, 0.1) is 5.92 Å². The van der Waals surface area contributed by atoms with Crippen LogP contribution < -0.4 is 11.1 Å². The molecule has 0 amide bonds. The van der Waals surface area contributed by atoms with Gasteiger partial charge in [-0.05, 0) is 37.8 Å². The van der Waals surface area contributed by atoms with Crippen molar-refractivity contribution in [1.29, 1.82) is 0 Å². The Balaban J connectivity index is 1.73. The molecule has 0 aliphatic heterocycles. The van der Waals surface area contributed by atoms with Crippen LogP contribution in [-0.4, -0.2) is 33.4 Å². The first kappa shape index (κ1) is 16.8. The van der Waals surface area contributed by atoms with Crippen LogP contribution in [0.4, 0.5) is 24.9 Å². The van der Waals surface area contributed by atoms with Crippen molar-refractivity contribution >= 4 is 22.7 Å². The molecule has 1 heterocycles. The zero-order valence-corrected chi connectivity index (χ0v) is 13.0. The van der Waals surface area contributed by atoms with E-state index in [-0.39, 0.29) is 31.2 Å². The van der Waals surface area contributed by atoms with Crippen LogP contribution in [0.5, 0.6) is 0 Å². The molecule has 2 unspecified atom stereocenters. The Morgan fingerprint density at radius 2 is 2.04 bits per heavy atom. The molecule has 0 saturated heterocycles. The molecule has 1 saturated carbocycles. The highest BCUT2D eigenvalue weighted by Gasteiger charge is 2.46. The standard InChI is InChI=1S/C16H19F3N4O/c17-16(18,19)10-4-3-7-15(24,8-10)9-21-14-22-12-6-2-1-5-11(12)13(20)23-14/h1-2,5-6,10,24H,3-4,7-9H2,(H3,20,21,22,23). The Morgan fingerprint density at radius 1 is 1.29 bits per heavy atom. The second kappa shape index (κ2) is 6.08. The Labute approximate surface area is 137 Å². The lowest BCUT2D eigenvalue weighted by Gasteiger charge is -2.37. The number of nitrogen functional groups attached to an aromatic ring is 1. The third-order valence-corrected chi connectivity index (χ3v) is 4.49. The van der Waals surface area contributed by atoms with E-state index in [0.29, 0.717) is 23.7 Å². The summed E-state index contributed by atoms with van der Waals surface area (Å²) in [5.41, 5.74) is 5.08. The number of nitrogens with zero attached hydrogens (tertiary/aromatic N) is 2. The molecule has 1 aromatic heterocycles. The summed E-state index contributed by atoms with van der Waals surface area (Å²) in [4.78, 5) is 8.39. The van der Waals surface area contributed by atoms with Crippen LogP contribution in [0.15, 0.2) is 24.3 Å². The molecule has 24 heavy (non-hydrogen) atoms.